The van der Waals surface area contributed by atoms with E-state index in [0.717, 1.165) is 17.9 Å². The Morgan fingerprint density at radius 3 is 2.39 bits per heavy atom. The summed E-state index contributed by atoms with van der Waals surface area (Å²) in [5, 5.41) is 0. The van der Waals surface area contributed by atoms with Crippen LogP contribution in [-0.2, 0) is 20.5 Å². The number of benzene rings is 2. The highest BCUT2D eigenvalue weighted by atomic mass is 16.7. The predicted octanol–water partition coefficient (Wildman–Crippen LogP) is 4.96. The second-order valence-electron chi connectivity index (χ2n) is 11.2. The average molecular weight is 445 g/mol. The normalized spacial score (nSPS) is 31.4. The van der Waals surface area contributed by atoms with Crippen LogP contribution >= 0.6 is 0 Å². The van der Waals surface area contributed by atoms with Gasteiger partial charge in [0.1, 0.15) is 5.78 Å². The monoisotopic (exact) mass is 445 g/mol. The molecular weight excluding hydrogens is 409 g/mol. The maximum Gasteiger partial charge on any atom is 0.465 e. The summed E-state index contributed by atoms with van der Waals surface area (Å²) in [6.45, 7) is 7.01. The molecule has 174 valence electrons. The molecule has 1 heterocycles. The number of nitrogens with two attached hydrogens (primary N) is 1. The molecular formula is C28H36BNO3. The van der Waals surface area contributed by atoms with Crippen LogP contribution in [0, 0.1) is 17.3 Å². The number of Topliss-reactive ketones (excluding diaryl/α,β-unsaturated/α-hetero) is 1. The molecule has 1 saturated heterocycles. The highest BCUT2D eigenvalue weighted by Gasteiger charge is 2.68. The fourth-order valence-corrected chi connectivity index (χ4v) is 6.70. The molecule has 0 radical (unpaired) electrons. The first kappa shape index (κ1) is 22.8. The Bertz CT molecular complexity index is 981. The van der Waals surface area contributed by atoms with E-state index in [1.807, 2.05) is 36.4 Å². The van der Waals surface area contributed by atoms with E-state index in [2.05, 4.69) is 45.0 Å². The summed E-state index contributed by atoms with van der Waals surface area (Å²) in [5.74, 6) is 1.36. The molecule has 2 bridgehead atoms. The van der Waals surface area contributed by atoms with Crippen LogP contribution in [0.4, 0.5) is 0 Å². The molecule has 1 aliphatic heterocycles. The highest BCUT2D eigenvalue weighted by molar-refractivity contribution is 6.47. The van der Waals surface area contributed by atoms with Crippen molar-refractivity contribution in [2.75, 3.05) is 0 Å². The lowest BCUT2D eigenvalue weighted by atomic mass is 9.43. The van der Waals surface area contributed by atoms with Crippen molar-refractivity contribution in [2.45, 2.75) is 76.4 Å². The number of carbonyl (C=O) groups is 1. The van der Waals surface area contributed by atoms with Crippen LogP contribution in [0.25, 0.3) is 0 Å². The molecule has 3 unspecified atom stereocenters. The van der Waals surface area contributed by atoms with Gasteiger partial charge >= 0.3 is 7.12 Å². The second-order valence-corrected chi connectivity index (χ2v) is 11.2. The van der Waals surface area contributed by atoms with Crippen LogP contribution in [0.2, 0.25) is 0 Å². The van der Waals surface area contributed by atoms with Gasteiger partial charge in [-0.3, -0.25) is 4.79 Å². The largest absolute Gasteiger partial charge is 0.465 e. The third-order valence-corrected chi connectivity index (χ3v) is 8.94. The Morgan fingerprint density at radius 1 is 1.06 bits per heavy atom. The molecule has 4 aliphatic rings. The van der Waals surface area contributed by atoms with E-state index in [-0.39, 0.29) is 30.4 Å². The molecule has 3 saturated carbocycles. The average Bonchev–Trinajstić information content (AvgIpc) is 3.17. The van der Waals surface area contributed by atoms with Gasteiger partial charge in [0.25, 0.3) is 0 Å². The van der Waals surface area contributed by atoms with Gasteiger partial charge in [0, 0.05) is 12.2 Å². The minimum Gasteiger partial charge on any atom is -0.405 e. The molecule has 2 aromatic carbocycles. The van der Waals surface area contributed by atoms with E-state index in [1.54, 1.807) is 0 Å². The molecule has 33 heavy (non-hydrogen) atoms. The lowest BCUT2D eigenvalue weighted by molar-refractivity contribution is -0.199. The summed E-state index contributed by atoms with van der Waals surface area (Å²) in [5.41, 5.74) is 8.61. The Labute approximate surface area is 198 Å². The molecule has 2 N–H and O–H groups in total. The highest BCUT2D eigenvalue weighted by Crippen LogP contribution is 2.66. The van der Waals surface area contributed by atoms with Crippen molar-refractivity contribution in [3.05, 3.63) is 71.8 Å². The van der Waals surface area contributed by atoms with E-state index in [0.29, 0.717) is 30.6 Å². The van der Waals surface area contributed by atoms with Crippen LogP contribution in [-0.4, -0.2) is 30.6 Å². The van der Waals surface area contributed by atoms with Crippen molar-refractivity contribution in [3.8, 4) is 0 Å². The predicted molar refractivity (Wildman–Crippen MR) is 132 cm³/mol. The van der Waals surface area contributed by atoms with E-state index < -0.39 is 6.04 Å². The molecule has 5 heteroatoms. The lowest BCUT2D eigenvalue weighted by Gasteiger charge is -2.64. The van der Waals surface area contributed by atoms with Gasteiger partial charge < -0.3 is 15.0 Å². The first-order valence-corrected chi connectivity index (χ1v) is 12.5. The lowest BCUT2D eigenvalue weighted by Crippen LogP contribution is -2.65. The van der Waals surface area contributed by atoms with Crippen molar-refractivity contribution >= 4 is 12.9 Å². The molecule has 0 aromatic heterocycles. The fraction of sp³-hybridized carbons (Fsp3) is 0.536. The first-order chi connectivity index (χ1) is 15.8. The number of ketones is 1. The Balaban J connectivity index is 1.29. The Morgan fingerprint density at radius 2 is 1.73 bits per heavy atom. The van der Waals surface area contributed by atoms with Gasteiger partial charge in [-0.05, 0) is 61.0 Å². The zero-order valence-electron chi connectivity index (χ0n) is 20.1. The van der Waals surface area contributed by atoms with Crippen LogP contribution in [0.15, 0.2) is 60.7 Å². The van der Waals surface area contributed by atoms with Gasteiger partial charge in [-0.25, -0.2) is 0 Å². The maximum absolute atomic E-state index is 12.9. The minimum absolute atomic E-state index is 0.0156. The third kappa shape index (κ3) is 4.09. The molecule has 0 amide bonds. The maximum atomic E-state index is 12.9. The van der Waals surface area contributed by atoms with Crippen molar-refractivity contribution in [2.24, 2.45) is 23.0 Å². The van der Waals surface area contributed by atoms with Gasteiger partial charge in [-0.2, -0.15) is 0 Å². The van der Waals surface area contributed by atoms with Gasteiger partial charge in [-0.15, -0.1) is 0 Å². The van der Waals surface area contributed by atoms with Gasteiger partial charge in [0.15, 0.2) is 0 Å². The number of hydrogen-bond acceptors (Lipinski definition) is 4. The van der Waals surface area contributed by atoms with Crippen LogP contribution in [0.1, 0.15) is 63.4 Å². The fourth-order valence-electron chi connectivity index (χ4n) is 6.70. The van der Waals surface area contributed by atoms with E-state index >= 15 is 0 Å². The second kappa shape index (κ2) is 8.68. The topological polar surface area (TPSA) is 61.5 Å². The smallest absolute Gasteiger partial charge is 0.405 e. The van der Waals surface area contributed by atoms with Crippen molar-refractivity contribution in [1.29, 1.82) is 0 Å². The van der Waals surface area contributed by atoms with E-state index in [1.165, 1.54) is 12.0 Å². The standard InChI is InChI=1S/C28H36BNO3/c1-27(2)21-17-25(27)28(3)26(18-21)32-29(33-28)22(20-12-8-5-9-13-20)14-15-24(31)23(30)16-19-10-6-4-7-11-19/h4-13,21-23,25-26H,14-18,30H2,1-3H3/t21?,22-,23-,25?,26?,28+/m0/s1. The number of hydrogen-bond donors (Lipinski definition) is 1. The zero-order valence-corrected chi connectivity index (χ0v) is 20.1. The van der Waals surface area contributed by atoms with E-state index in [9.17, 15) is 4.79 Å². The zero-order chi connectivity index (χ0) is 23.2. The minimum atomic E-state index is -0.484. The van der Waals surface area contributed by atoms with Crippen molar-refractivity contribution < 1.29 is 14.1 Å². The van der Waals surface area contributed by atoms with Gasteiger partial charge in [0.05, 0.1) is 17.7 Å². The summed E-state index contributed by atoms with van der Waals surface area (Å²) >= 11 is 0. The molecule has 4 fully saturated rings. The van der Waals surface area contributed by atoms with E-state index in [4.69, 9.17) is 15.0 Å². The quantitative estimate of drug-likeness (QED) is 0.584. The first-order valence-electron chi connectivity index (χ1n) is 12.5. The van der Waals surface area contributed by atoms with Crippen LogP contribution < -0.4 is 5.73 Å². The molecule has 6 atom stereocenters. The Hall–Kier alpha value is -1.95. The van der Waals surface area contributed by atoms with Crippen molar-refractivity contribution in [1.82, 2.24) is 0 Å². The summed E-state index contributed by atoms with van der Waals surface area (Å²) in [4.78, 5) is 12.9. The van der Waals surface area contributed by atoms with Gasteiger partial charge in [0.2, 0.25) is 0 Å². The molecule has 2 aromatic rings. The third-order valence-electron chi connectivity index (χ3n) is 8.94. The number of rotatable bonds is 8. The Kier molecular flexibility index (Phi) is 6.01. The summed E-state index contributed by atoms with van der Waals surface area (Å²) in [6.07, 6.45) is 4.12. The molecule has 0 spiro atoms. The number of carbonyl (C=O) groups excluding carboxylic acids is 1. The summed E-state index contributed by atoms with van der Waals surface area (Å²) < 4.78 is 13.4. The molecule has 3 aliphatic carbocycles. The van der Waals surface area contributed by atoms with Crippen molar-refractivity contribution in [3.63, 3.8) is 0 Å². The molecule has 6 rings (SSSR count). The van der Waals surface area contributed by atoms with Crippen LogP contribution in [0.5, 0.6) is 0 Å². The summed E-state index contributed by atoms with van der Waals surface area (Å²) in [7, 11) is -0.323. The SMILES string of the molecule is CC1(C)C2CC3OB([C@@H](CCC(=O)[C@@H](N)Cc4ccccc4)c4ccccc4)O[C@]3(C)C1C2. The summed E-state index contributed by atoms with van der Waals surface area (Å²) in [6, 6.07) is 19.9. The molecule has 4 nitrogen and oxygen atoms in total. The van der Waals surface area contributed by atoms with Gasteiger partial charge in [-0.1, -0.05) is 74.5 Å². The van der Waals surface area contributed by atoms with Crippen LogP contribution in [0.3, 0.4) is 0 Å².